The highest BCUT2D eigenvalue weighted by atomic mass is 79.9. The number of methoxy groups -OCH3 is 1. The number of amides is 2. The first-order chi connectivity index (χ1) is 14.0. The topological polar surface area (TPSA) is 76.7 Å². The number of ether oxygens (including phenoxy) is 2. The lowest BCUT2D eigenvalue weighted by Gasteiger charge is -2.18. The number of para-hydroxylation sites is 1. The highest BCUT2D eigenvalue weighted by Gasteiger charge is 2.21. The predicted octanol–water partition coefficient (Wildman–Crippen LogP) is 4.32. The minimum atomic E-state index is -0.291. The molecule has 2 amide bonds. The molecule has 2 N–H and O–H groups in total. The number of thioether (sulfide) groups is 1. The highest BCUT2D eigenvalue weighted by molar-refractivity contribution is 9.10. The molecule has 152 valence electrons. The number of carbonyl (C=O) groups excluding carboxylic acids is 2. The number of halogens is 1. The molecule has 0 unspecified atom stereocenters. The van der Waals surface area contributed by atoms with Crippen LogP contribution in [0.5, 0.6) is 5.75 Å². The van der Waals surface area contributed by atoms with Gasteiger partial charge in [-0.2, -0.15) is 0 Å². The van der Waals surface area contributed by atoms with Crippen molar-refractivity contribution in [1.82, 2.24) is 5.32 Å². The number of rotatable bonds is 6. The molecule has 0 saturated carbocycles. The number of allylic oxidation sites excluding steroid dienone is 1. The standard InChI is InChI=1S/C21H21BrN2O4S/c1-13-19(29-10-9-28-13)21(26)24-17-6-4-3-5-16(17)20(25)23-12-14-11-15(22)7-8-18(14)27-2/h3-8,11H,9-10,12H2,1-2H3,(H,23,25)(H,24,26). The van der Waals surface area contributed by atoms with E-state index in [1.165, 1.54) is 11.8 Å². The zero-order chi connectivity index (χ0) is 20.8. The normalized spacial score (nSPS) is 13.5. The van der Waals surface area contributed by atoms with Gasteiger partial charge in [0.1, 0.15) is 16.4 Å². The minimum absolute atomic E-state index is 0.277. The van der Waals surface area contributed by atoms with Crippen molar-refractivity contribution < 1.29 is 19.1 Å². The maximum atomic E-state index is 12.8. The highest BCUT2D eigenvalue weighted by Crippen LogP contribution is 2.27. The fraction of sp³-hybridized carbons (Fsp3) is 0.238. The minimum Gasteiger partial charge on any atom is -0.496 e. The Hall–Kier alpha value is -2.45. The molecule has 8 heteroatoms. The van der Waals surface area contributed by atoms with Crippen LogP contribution in [-0.2, 0) is 16.1 Å². The van der Waals surface area contributed by atoms with Crippen molar-refractivity contribution >= 4 is 45.2 Å². The number of hydrogen-bond acceptors (Lipinski definition) is 5. The Morgan fingerprint density at radius 2 is 2.00 bits per heavy atom. The molecule has 0 fully saturated rings. The molecule has 0 atom stereocenters. The van der Waals surface area contributed by atoms with E-state index in [9.17, 15) is 9.59 Å². The molecular formula is C21H21BrN2O4S. The quantitative estimate of drug-likeness (QED) is 0.648. The maximum absolute atomic E-state index is 12.8. The van der Waals surface area contributed by atoms with Crippen LogP contribution < -0.4 is 15.4 Å². The molecule has 6 nitrogen and oxygen atoms in total. The lowest BCUT2D eigenvalue weighted by Crippen LogP contribution is -2.25. The average Bonchev–Trinajstić information content (AvgIpc) is 2.72. The molecule has 0 radical (unpaired) electrons. The van der Waals surface area contributed by atoms with Gasteiger partial charge in [0, 0.05) is 22.3 Å². The van der Waals surface area contributed by atoms with E-state index in [4.69, 9.17) is 9.47 Å². The van der Waals surface area contributed by atoms with Gasteiger partial charge in [-0.3, -0.25) is 9.59 Å². The summed E-state index contributed by atoms with van der Waals surface area (Å²) in [4.78, 5) is 26.0. The first-order valence-electron chi connectivity index (χ1n) is 8.97. The second kappa shape index (κ2) is 9.84. The molecule has 1 aliphatic heterocycles. The predicted molar refractivity (Wildman–Crippen MR) is 118 cm³/mol. The van der Waals surface area contributed by atoms with Gasteiger partial charge in [0.25, 0.3) is 11.8 Å². The van der Waals surface area contributed by atoms with E-state index in [2.05, 4.69) is 26.6 Å². The van der Waals surface area contributed by atoms with Crippen LogP contribution in [0.1, 0.15) is 22.8 Å². The molecule has 1 heterocycles. The van der Waals surface area contributed by atoms with E-state index in [1.54, 1.807) is 38.3 Å². The SMILES string of the molecule is COc1ccc(Br)cc1CNC(=O)c1ccccc1NC(=O)C1=C(C)OCCS1. The van der Waals surface area contributed by atoms with Crippen molar-refractivity contribution in [3.8, 4) is 5.75 Å². The second-order valence-corrected chi connectivity index (χ2v) is 8.24. The van der Waals surface area contributed by atoms with Gasteiger partial charge >= 0.3 is 0 Å². The molecule has 2 aromatic carbocycles. The molecule has 3 rings (SSSR count). The largest absolute Gasteiger partial charge is 0.496 e. The fourth-order valence-corrected chi connectivity index (χ4v) is 4.08. The average molecular weight is 477 g/mol. The van der Waals surface area contributed by atoms with Crippen LogP contribution in [0.15, 0.2) is 57.6 Å². The van der Waals surface area contributed by atoms with Crippen LogP contribution >= 0.6 is 27.7 Å². The van der Waals surface area contributed by atoms with Crippen molar-refractivity contribution in [3.63, 3.8) is 0 Å². The molecule has 0 aliphatic carbocycles. The van der Waals surface area contributed by atoms with Gasteiger partial charge in [-0.1, -0.05) is 28.1 Å². The van der Waals surface area contributed by atoms with E-state index in [0.717, 1.165) is 15.8 Å². The van der Waals surface area contributed by atoms with Crippen molar-refractivity contribution in [2.75, 3.05) is 24.8 Å². The summed E-state index contributed by atoms with van der Waals surface area (Å²) in [5.74, 6) is 1.44. The van der Waals surface area contributed by atoms with Gasteiger partial charge in [-0.15, -0.1) is 11.8 Å². The van der Waals surface area contributed by atoms with Crippen molar-refractivity contribution in [2.45, 2.75) is 13.5 Å². The lowest BCUT2D eigenvalue weighted by molar-refractivity contribution is -0.112. The van der Waals surface area contributed by atoms with Crippen LogP contribution in [0.3, 0.4) is 0 Å². The summed E-state index contributed by atoms with van der Waals surface area (Å²) in [5.41, 5.74) is 1.67. The van der Waals surface area contributed by atoms with Gasteiger partial charge in [0.15, 0.2) is 0 Å². The first-order valence-corrected chi connectivity index (χ1v) is 10.7. The van der Waals surface area contributed by atoms with Crippen molar-refractivity contribution in [3.05, 3.63) is 68.7 Å². The summed E-state index contributed by atoms with van der Waals surface area (Å²) in [5, 5.41) is 5.72. The van der Waals surface area contributed by atoms with Crippen molar-refractivity contribution in [2.24, 2.45) is 0 Å². The number of benzene rings is 2. The lowest BCUT2D eigenvalue weighted by atomic mass is 10.1. The van der Waals surface area contributed by atoms with Gasteiger partial charge < -0.3 is 20.1 Å². The Labute approximate surface area is 182 Å². The van der Waals surface area contributed by atoms with E-state index in [-0.39, 0.29) is 18.4 Å². The van der Waals surface area contributed by atoms with Gasteiger partial charge in [0.05, 0.1) is 25.0 Å². The third-order valence-corrected chi connectivity index (χ3v) is 5.90. The monoisotopic (exact) mass is 476 g/mol. The summed E-state index contributed by atoms with van der Waals surface area (Å²) < 4.78 is 11.7. The van der Waals surface area contributed by atoms with Crippen LogP contribution in [0, 0.1) is 0 Å². The third kappa shape index (κ3) is 5.33. The Morgan fingerprint density at radius 3 is 2.76 bits per heavy atom. The zero-order valence-corrected chi connectivity index (χ0v) is 18.5. The fourth-order valence-electron chi connectivity index (χ4n) is 2.86. The summed E-state index contributed by atoms with van der Waals surface area (Å²) in [6, 6.07) is 12.5. The number of nitrogens with one attached hydrogen (secondary N) is 2. The third-order valence-electron chi connectivity index (χ3n) is 4.28. The van der Waals surface area contributed by atoms with E-state index < -0.39 is 0 Å². The van der Waals surface area contributed by atoms with E-state index >= 15 is 0 Å². The Kier molecular flexibility index (Phi) is 7.22. The Morgan fingerprint density at radius 1 is 1.21 bits per heavy atom. The number of carbonyl (C=O) groups is 2. The molecule has 0 saturated heterocycles. The maximum Gasteiger partial charge on any atom is 0.265 e. The smallest absolute Gasteiger partial charge is 0.265 e. The van der Waals surface area contributed by atoms with Gasteiger partial charge in [0.2, 0.25) is 0 Å². The molecule has 0 bridgehead atoms. The van der Waals surface area contributed by atoms with Gasteiger partial charge in [-0.05, 0) is 37.3 Å². The molecule has 0 spiro atoms. The summed E-state index contributed by atoms with van der Waals surface area (Å²) in [6.45, 7) is 2.65. The summed E-state index contributed by atoms with van der Waals surface area (Å²) >= 11 is 4.88. The van der Waals surface area contributed by atoms with E-state index in [0.29, 0.717) is 34.3 Å². The van der Waals surface area contributed by atoms with Crippen molar-refractivity contribution in [1.29, 1.82) is 0 Å². The molecule has 29 heavy (non-hydrogen) atoms. The Balaban J connectivity index is 1.74. The molecule has 0 aromatic heterocycles. The first kappa shape index (κ1) is 21.3. The second-order valence-electron chi connectivity index (χ2n) is 6.22. The molecule has 2 aromatic rings. The summed E-state index contributed by atoms with van der Waals surface area (Å²) in [7, 11) is 1.59. The van der Waals surface area contributed by atoms with Crippen LogP contribution in [0.2, 0.25) is 0 Å². The molecule has 1 aliphatic rings. The van der Waals surface area contributed by atoms with Crippen LogP contribution in [-0.4, -0.2) is 31.3 Å². The Bertz CT molecular complexity index is 961. The summed E-state index contributed by atoms with van der Waals surface area (Å²) in [6.07, 6.45) is 0. The van der Waals surface area contributed by atoms with Gasteiger partial charge in [-0.25, -0.2) is 0 Å². The van der Waals surface area contributed by atoms with Crippen LogP contribution in [0.25, 0.3) is 0 Å². The van der Waals surface area contributed by atoms with Crippen LogP contribution in [0.4, 0.5) is 5.69 Å². The van der Waals surface area contributed by atoms with E-state index in [1.807, 2.05) is 18.2 Å². The molecular weight excluding hydrogens is 456 g/mol. The number of hydrogen-bond donors (Lipinski definition) is 2. The zero-order valence-electron chi connectivity index (χ0n) is 16.1. The number of anilines is 1.